The summed E-state index contributed by atoms with van der Waals surface area (Å²) in [5, 5.41) is 3.33. The molecule has 140 valence electrons. The Balaban J connectivity index is 1.80. The fraction of sp³-hybridized carbons (Fsp3) is 0.182. The van der Waals surface area contributed by atoms with Gasteiger partial charge in [-0.1, -0.05) is 18.2 Å². The Hall–Kier alpha value is -2.92. The molecule has 0 bridgehead atoms. The van der Waals surface area contributed by atoms with E-state index in [0.717, 1.165) is 11.3 Å². The molecule has 0 aliphatic rings. The number of benzene rings is 3. The lowest BCUT2D eigenvalue weighted by atomic mass is 10.1. The zero-order valence-corrected chi connectivity index (χ0v) is 15.2. The molecule has 1 N–H and O–H groups in total. The summed E-state index contributed by atoms with van der Waals surface area (Å²) in [4.78, 5) is 0. The Labute approximate surface area is 157 Å². The topological polar surface area (TPSA) is 30.5 Å². The van der Waals surface area contributed by atoms with Crippen molar-refractivity contribution >= 4 is 5.69 Å². The van der Waals surface area contributed by atoms with Crippen LogP contribution in [0.3, 0.4) is 0 Å². The highest BCUT2D eigenvalue weighted by atomic mass is 19.1. The van der Waals surface area contributed by atoms with E-state index >= 15 is 0 Å². The summed E-state index contributed by atoms with van der Waals surface area (Å²) in [6.07, 6.45) is 0. The highest BCUT2D eigenvalue weighted by molar-refractivity contribution is 5.49. The molecule has 0 aliphatic carbocycles. The lowest BCUT2D eigenvalue weighted by Crippen LogP contribution is -2.08. The first-order valence-corrected chi connectivity index (χ1v) is 8.62. The van der Waals surface area contributed by atoms with Gasteiger partial charge in [0.25, 0.3) is 0 Å². The van der Waals surface area contributed by atoms with Gasteiger partial charge in [0.2, 0.25) is 0 Å². The van der Waals surface area contributed by atoms with Gasteiger partial charge in [0.05, 0.1) is 12.6 Å². The Morgan fingerprint density at radius 1 is 0.926 bits per heavy atom. The fourth-order valence-electron chi connectivity index (χ4n) is 2.80. The third-order valence-corrected chi connectivity index (χ3v) is 4.11. The van der Waals surface area contributed by atoms with E-state index in [1.54, 1.807) is 25.3 Å². The van der Waals surface area contributed by atoms with Crippen molar-refractivity contribution in [2.24, 2.45) is 0 Å². The zero-order valence-electron chi connectivity index (χ0n) is 15.2. The van der Waals surface area contributed by atoms with Crippen LogP contribution < -0.4 is 10.1 Å². The molecule has 1 atom stereocenters. The number of anilines is 1. The SMILES string of the molecule is COCc1ccc(NC(C)c2cc(F)ccc2Oc2cccc(F)c2)cc1. The van der Waals surface area contributed by atoms with Gasteiger partial charge in [-0.25, -0.2) is 8.78 Å². The molecule has 5 heteroatoms. The first-order chi connectivity index (χ1) is 13.0. The number of halogens is 2. The summed E-state index contributed by atoms with van der Waals surface area (Å²) in [6.45, 7) is 2.46. The maximum atomic E-state index is 13.8. The Bertz CT molecular complexity index is 897. The molecule has 0 amide bonds. The summed E-state index contributed by atoms with van der Waals surface area (Å²) in [6, 6.07) is 17.7. The normalized spacial score (nSPS) is 11.9. The van der Waals surface area contributed by atoms with Gasteiger partial charge in [-0.2, -0.15) is 0 Å². The van der Waals surface area contributed by atoms with E-state index in [9.17, 15) is 8.78 Å². The molecule has 3 aromatic carbocycles. The molecule has 1 unspecified atom stereocenters. The van der Waals surface area contributed by atoms with Gasteiger partial charge < -0.3 is 14.8 Å². The Morgan fingerprint density at radius 3 is 2.37 bits per heavy atom. The molecule has 0 radical (unpaired) electrons. The largest absolute Gasteiger partial charge is 0.457 e. The van der Waals surface area contributed by atoms with Crippen molar-refractivity contribution in [2.45, 2.75) is 19.6 Å². The molecule has 0 saturated carbocycles. The van der Waals surface area contributed by atoms with Crippen LogP contribution in [0.5, 0.6) is 11.5 Å². The molecule has 0 aliphatic heterocycles. The van der Waals surface area contributed by atoms with Gasteiger partial charge in [0.15, 0.2) is 0 Å². The minimum atomic E-state index is -0.390. The highest BCUT2D eigenvalue weighted by Crippen LogP contribution is 2.32. The predicted molar refractivity (Wildman–Crippen MR) is 102 cm³/mol. The van der Waals surface area contributed by atoms with E-state index in [1.807, 2.05) is 31.2 Å². The zero-order chi connectivity index (χ0) is 19.2. The van der Waals surface area contributed by atoms with Crippen LogP contribution >= 0.6 is 0 Å². The number of rotatable bonds is 7. The molecule has 0 spiro atoms. The van der Waals surface area contributed by atoms with Crippen molar-refractivity contribution in [2.75, 3.05) is 12.4 Å². The van der Waals surface area contributed by atoms with Crippen molar-refractivity contribution in [1.29, 1.82) is 0 Å². The molecular formula is C22H21F2NO2. The lowest BCUT2D eigenvalue weighted by molar-refractivity contribution is 0.185. The van der Waals surface area contributed by atoms with Crippen LogP contribution in [0.15, 0.2) is 66.7 Å². The second kappa shape index (κ2) is 8.64. The van der Waals surface area contributed by atoms with Gasteiger partial charge in [-0.05, 0) is 55.0 Å². The number of hydrogen-bond acceptors (Lipinski definition) is 3. The summed E-state index contributed by atoms with van der Waals surface area (Å²) in [5.74, 6) is 0.0798. The maximum Gasteiger partial charge on any atom is 0.132 e. The van der Waals surface area contributed by atoms with Crippen molar-refractivity contribution < 1.29 is 18.3 Å². The van der Waals surface area contributed by atoms with Crippen molar-refractivity contribution in [3.05, 3.63) is 89.5 Å². The predicted octanol–water partition coefficient (Wildman–Crippen LogP) is 6.08. The molecule has 0 heterocycles. The molecule has 0 saturated heterocycles. The van der Waals surface area contributed by atoms with Crippen LogP contribution in [0.25, 0.3) is 0 Å². The molecule has 3 nitrogen and oxygen atoms in total. The standard InChI is InChI=1S/C22H21F2NO2/c1-15(25-19-9-6-16(7-10-19)14-26-2)21-13-18(24)8-11-22(21)27-20-5-3-4-17(23)12-20/h3-13,15,25H,14H2,1-2H3. The number of ether oxygens (including phenoxy) is 2. The van der Waals surface area contributed by atoms with E-state index in [-0.39, 0.29) is 11.9 Å². The molecule has 27 heavy (non-hydrogen) atoms. The summed E-state index contributed by atoms with van der Waals surface area (Å²) in [5.41, 5.74) is 2.60. The monoisotopic (exact) mass is 369 g/mol. The quantitative estimate of drug-likeness (QED) is 0.548. The third kappa shape index (κ3) is 5.05. The van der Waals surface area contributed by atoms with Crippen LogP contribution in [0.4, 0.5) is 14.5 Å². The highest BCUT2D eigenvalue weighted by Gasteiger charge is 2.14. The van der Waals surface area contributed by atoms with E-state index in [0.29, 0.717) is 23.7 Å². The van der Waals surface area contributed by atoms with Crippen molar-refractivity contribution in [3.63, 3.8) is 0 Å². The van der Waals surface area contributed by atoms with Gasteiger partial charge in [0.1, 0.15) is 23.1 Å². The van der Waals surface area contributed by atoms with Gasteiger partial charge in [-0.15, -0.1) is 0 Å². The average molecular weight is 369 g/mol. The van der Waals surface area contributed by atoms with Crippen LogP contribution in [0.2, 0.25) is 0 Å². The summed E-state index contributed by atoms with van der Waals surface area (Å²) in [7, 11) is 1.65. The maximum absolute atomic E-state index is 13.8. The van der Waals surface area contributed by atoms with E-state index in [2.05, 4.69) is 5.32 Å². The first kappa shape index (κ1) is 18.9. The molecular weight excluding hydrogens is 348 g/mol. The first-order valence-electron chi connectivity index (χ1n) is 8.62. The van der Waals surface area contributed by atoms with Crippen molar-refractivity contribution in [3.8, 4) is 11.5 Å². The fourth-order valence-corrected chi connectivity index (χ4v) is 2.80. The smallest absolute Gasteiger partial charge is 0.132 e. The lowest BCUT2D eigenvalue weighted by Gasteiger charge is -2.19. The minimum Gasteiger partial charge on any atom is -0.457 e. The number of methoxy groups -OCH3 is 1. The Kier molecular flexibility index (Phi) is 6.04. The molecule has 0 aromatic heterocycles. The molecule has 0 fully saturated rings. The van der Waals surface area contributed by atoms with Gasteiger partial charge in [0, 0.05) is 24.4 Å². The second-order valence-corrected chi connectivity index (χ2v) is 6.24. The van der Waals surface area contributed by atoms with Crippen LogP contribution in [0, 0.1) is 11.6 Å². The molecule has 3 rings (SSSR count). The van der Waals surface area contributed by atoms with Crippen molar-refractivity contribution in [1.82, 2.24) is 0 Å². The number of nitrogens with one attached hydrogen (secondary N) is 1. The average Bonchev–Trinajstić information content (AvgIpc) is 2.65. The number of hydrogen-bond donors (Lipinski definition) is 1. The van der Waals surface area contributed by atoms with Crippen LogP contribution in [0.1, 0.15) is 24.1 Å². The van der Waals surface area contributed by atoms with Gasteiger partial charge in [-0.3, -0.25) is 0 Å². The van der Waals surface area contributed by atoms with Gasteiger partial charge >= 0.3 is 0 Å². The third-order valence-electron chi connectivity index (χ3n) is 4.11. The van der Waals surface area contributed by atoms with Crippen LogP contribution in [-0.2, 0) is 11.3 Å². The van der Waals surface area contributed by atoms with E-state index < -0.39 is 5.82 Å². The second-order valence-electron chi connectivity index (χ2n) is 6.24. The Morgan fingerprint density at radius 2 is 1.67 bits per heavy atom. The minimum absolute atomic E-state index is 0.225. The summed E-state index contributed by atoms with van der Waals surface area (Å²) >= 11 is 0. The van der Waals surface area contributed by atoms with E-state index in [4.69, 9.17) is 9.47 Å². The van der Waals surface area contributed by atoms with E-state index in [1.165, 1.54) is 24.3 Å². The molecule has 3 aromatic rings. The van der Waals surface area contributed by atoms with Crippen LogP contribution in [-0.4, -0.2) is 7.11 Å². The summed E-state index contributed by atoms with van der Waals surface area (Å²) < 4.78 is 38.1.